The monoisotopic (exact) mass is 343 g/mol. The molecule has 134 valence electrons. The number of nitrogens with one attached hydrogen (secondary N) is 1. The van der Waals surface area contributed by atoms with Crippen molar-refractivity contribution in [2.75, 3.05) is 19.6 Å². The number of ether oxygens (including phenoxy) is 1. The van der Waals surface area contributed by atoms with Gasteiger partial charge in [0.15, 0.2) is 0 Å². The lowest BCUT2D eigenvalue weighted by Gasteiger charge is -2.20. The summed E-state index contributed by atoms with van der Waals surface area (Å²) in [5.74, 6) is 2.08. The number of likely N-dealkylation sites (tertiary alicyclic amines) is 1. The predicted molar refractivity (Wildman–Crippen MR) is 94.4 cm³/mol. The molecule has 0 spiro atoms. The van der Waals surface area contributed by atoms with Crippen molar-refractivity contribution in [3.63, 3.8) is 0 Å². The molecule has 3 rings (SSSR count). The van der Waals surface area contributed by atoms with Gasteiger partial charge in [-0.25, -0.2) is 9.78 Å². The minimum Gasteiger partial charge on any atom is -0.487 e. The molecule has 1 aliphatic heterocycles. The van der Waals surface area contributed by atoms with Crippen molar-refractivity contribution in [3.8, 4) is 5.75 Å². The van der Waals surface area contributed by atoms with E-state index in [1.807, 2.05) is 30.2 Å². The third-order valence-electron chi connectivity index (χ3n) is 4.40. The number of rotatable bonds is 6. The summed E-state index contributed by atoms with van der Waals surface area (Å²) in [5, 5.41) is 3.03. The molecule has 2 unspecified atom stereocenters. The van der Waals surface area contributed by atoms with Gasteiger partial charge in [0.2, 0.25) is 0 Å². The highest BCUT2D eigenvalue weighted by Crippen LogP contribution is 2.17. The first-order valence-electron chi connectivity index (χ1n) is 8.69. The Balaban J connectivity index is 1.41. The van der Waals surface area contributed by atoms with E-state index in [0.29, 0.717) is 25.6 Å². The van der Waals surface area contributed by atoms with Crippen LogP contribution in [0.15, 0.2) is 36.9 Å². The molecule has 2 atom stereocenters. The molecule has 0 radical (unpaired) electrons. The first kappa shape index (κ1) is 17.3. The van der Waals surface area contributed by atoms with Crippen molar-refractivity contribution in [1.82, 2.24) is 24.8 Å². The van der Waals surface area contributed by atoms with E-state index in [0.717, 1.165) is 24.5 Å². The molecule has 0 bridgehead atoms. The molecule has 2 amide bonds. The van der Waals surface area contributed by atoms with Crippen LogP contribution >= 0.6 is 0 Å². The second kappa shape index (κ2) is 8.00. The number of urea groups is 1. The van der Waals surface area contributed by atoms with E-state index in [2.05, 4.69) is 26.8 Å². The van der Waals surface area contributed by atoms with E-state index in [9.17, 15) is 4.79 Å². The van der Waals surface area contributed by atoms with E-state index in [4.69, 9.17) is 4.74 Å². The Morgan fingerprint density at radius 2 is 2.36 bits per heavy atom. The lowest BCUT2D eigenvalue weighted by atomic mass is 10.2. The summed E-state index contributed by atoms with van der Waals surface area (Å²) >= 11 is 0. The lowest BCUT2D eigenvalue weighted by molar-refractivity contribution is 0.185. The Morgan fingerprint density at radius 1 is 1.48 bits per heavy atom. The van der Waals surface area contributed by atoms with Crippen molar-refractivity contribution >= 4 is 6.03 Å². The third-order valence-corrected chi connectivity index (χ3v) is 4.40. The van der Waals surface area contributed by atoms with Gasteiger partial charge in [-0.15, -0.1) is 0 Å². The van der Waals surface area contributed by atoms with Gasteiger partial charge in [0.05, 0.1) is 12.7 Å². The summed E-state index contributed by atoms with van der Waals surface area (Å²) in [6.07, 6.45) is 8.05. The average Bonchev–Trinajstić information content (AvgIpc) is 3.23. The maximum absolute atomic E-state index is 12.3. The maximum Gasteiger partial charge on any atom is 0.317 e. The van der Waals surface area contributed by atoms with Crippen LogP contribution in [0.2, 0.25) is 0 Å². The molecule has 1 saturated heterocycles. The van der Waals surface area contributed by atoms with Gasteiger partial charge in [-0.3, -0.25) is 4.98 Å². The number of hydrogen-bond acceptors (Lipinski definition) is 4. The second-order valence-electron chi connectivity index (χ2n) is 6.58. The van der Waals surface area contributed by atoms with Gasteiger partial charge in [-0.2, -0.15) is 0 Å². The molecule has 0 aliphatic carbocycles. The molecule has 3 heterocycles. The van der Waals surface area contributed by atoms with Crippen LogP contribution < -0.4 is 10.1 Å². The molecule has 2 aromatic rings. The molecule has 7 heteroatoms. The van der Waals surface area contributed by atoms with Gasteiger partial charge in [-0.1, -0.05) is 6.92 Å². The number of amides is 2. The molecule has 7 nitrogen and oxygen atoms in total. The topological polar surface area (TPSA) is 72.3 Å². The standard InChI is InChI=1S/C18H25N5O2/c1-14(12-22-9-7-20-15(22)2)10-21-18(24)23-8-5-17(13-23)25-16-4-3-6-19-11-16/h3-4,6-7,9,11,14,17H,5,8,10,12-13H2,1-2H3,(H,21,24). The highest BCUT2D eigenvalue weighted by atomic mass is 16.5. The second-order valence-corrected chi connectivity index (χ2v) is 6.58. The van der Waals surface area contributed by atoms with Gasteiger partial charge in [0.1, 0.15) is 17.7 Å². The molecule has 1 aliphatic rings. The predicted octanol–water partition coefficient (Wildman–Crippen LogP) is 2.09. The van der Waals surface area contributed by atoms with Crippen LogP contribution in [0.1, 0.15) is 19.2 Å². The quantitative estimate of drug-likeness (QED) is 0.872. The van der Waals surface area contributed by atoms with Crippen LogP contribution in [0, 0.1) is 12.8 Å². The van der Waals surface area contributed by atoms with E-state index < -0.39 is 0 Å². The Kier molecular flexibility index (Phi) is 5.53. The normalized spacial score (nSPS) is 18.2. The Morgan fingerprint density at radius 3 is 3.08 bits per heavy atom. The van der Waals surface area contributed by atoms with Crippen LogP contribution in [0.5, 0.6) is 5.75 Å². The zero-order valence-electron chi connectivity index (χ0n) is 14.8. The minimum absolute atomic E-state index is 0.0218. The SMILES string of the molecule is Cc1nccn1CC(C)CNC(=O)N1CCC(Oc2cccnc2)C1. The van der Waals surface area contributed by atoms with Crippen molar-refractivity contribution in [3.05, 3.63) is 42.7 Å². The maximum atomic E-state index is 12.3. The fourth-order valence-electron chi connectivity index (χ4n) is 2.99. The van der Waals surface area contributed by atoms with E-state index in [1.54, 1.807) is 18.6 Å². The summed E-state index contributed by atoms with van der Waals surface area (Å²) in [6.45, 7) is 6.91. The first-order chi connectivity index (χ1) is 12.1. The molecular formula is C18H25N5O2. The smallest absolute Gasteiger partial charge is 0.317 e. The van der Waals surface area contributed by atoms with Gasteiger partial charge in [0.25, 0.3) is 0 Å². The lowest BCUT2D eigenvalue weighted by Crippen LogP contribution is -2.41. The van der Waals surface area contributed by atoms with Crippen molar-refractivity contribution < 1.29 is 9.53 Å². The van der Waals surface area contributed by atoms with Gasteiger partial charge < -0.3 is 19.5 Å². The highest BCUT2D eigenvalue weighted by molar-refractivity contribution is 5.74. The fraction of sp³-hybridized carbons (Fsp3) is 0.500. The number of imidazole rings is 1. The number of nitrogens with zero attached hydrogens (tertiary/aromatic N) is 4. The zero-order valence-corrected chi connectivity index (χ0v) is 14.8. The molecule has 2 aromatic heterocycles. The van der Waals surface area contributed by atoms with Crippen molar-refractivity contribution in [2.24, 2.45) is 5.92 Å². The Labute approximate surface area is 148 Å². The van der Waals surface area contributed by atoms with E-state index in [-0.39, 0.29) is 12.1 Å². The molecular weight excluding hydrogens is 318 g/mol. The van der Waals surface area contributed by atoms with Gasteiger partial charge in [0, 0.05) is 44.6 Å². The van der Waals surface area contributed by atoms with Crippen LogP contribution in [0.25, 0.3) is 0 Å². The van der Waals surface area contributed by atoms with Crippen LogP contribution in [-0.2, 0) is 6.54 Å². The van der Waals surface area contributed by atoms with E-state index >= 15 is 0 Å². The largest absolute Gasteiger partial charge is 0.487 e. The van der Waals surface area contributed by atoms with Gasteiger partial charge >= 0.3 is 6.03 Å². The number of pyridine rings is 1. The summed E-state index contributed by atoms with van der Waals surface area (Å²) in [4.78, 5) is 22.4. The molecule has 1 N–H and O–H groups in total. The molecule has 1 fully saturated rings. The average molecular weight is 343 g/mol. The van der Waals surface area contributed by atoms with Crippen LogP contribution in [0.4, 0.5) is 4.79 Å². The number of carbonyl (C=O) groups is 1. The highest BCUT2D eigenvalue weighted by Gasteiger charge is 2.27. The Bertz CT molecular complexity index is 688. The number of hydrogen-bond donors (Lipinski definition) is 1. The van der Waals surface area contributed by atoms with Crippen LogP contribution in [-0.4, -0.2) is 51.2 Å². The molecule has 0 aromatic carbocycles. The number of aromatic nitrogens is 3. The summed E-state index contributed by atoms with van der Waals surface area (Å²) in [6, 6.07) is 3.71. The van der Waals surface area contributed by atoms with Gasteiger partial charge in [-0.05, 0) is 25.0 Å². The summed E-state index contributed by atoms with van der Waals surface area (Å²) in [7, 11) is 0. The number of aryl methyl sites for hydroxylation is 1. The first-order valence-corrected chi connectivity index (χ1v) is 8.69. The molecule has 25 heavy (non-hydrogen) atoms. The third kappa shape index (κ3) is 4.71. The fourth-order valence-corrected chi connectivity index (χ4v) is 2.99. The van der Waals surface area contributed by atoms with Crippen molar-refractivity contribution in [1.29, 1.82) is 0 Å². The van der Waals surface area contributed by atoms with E-state index in [1.165, 1.54) is 0 Å². The Hall–Kier alpha value is -2.57. The van der Waals surface area contributed by atoms with Crippen LogP contribution in [0.3, 0.4) is 0 Å². The zero-order chi connectivity index (χ0) is 17.6. The molecule has 0 saturated carbocycles. The number of carbonyl (C=O) groups excluding carboxylic acids is 1. The minimum atomic E-state index is -0.0218. The van der Waals surface area contributed by atoms with Crippen molar-refractivity contribution in [2.45, 2.75) is 32.9 Å². The summed E-state index contributed by atoms with van der Waals surface area (Å²) < 4.78 is 7.97. The summed E-state index contributed by atoms with van der Waals surface area (Å²) in [5.41, 5.74) is 0.